The van der Waals surface area contributed by atoms with E-state index in [4.69, 9.17) is 11.6 Å². The number of alkyl halides is 1. The van der Waals surface area contributed by atoms with Crippen molar-refractivity contribution in [2.24, 2.45) is 0 Å². The zero-order valence-corrected chi connectivity index (χ0v) is 12.8. The zero-order chi connectivity index (χ0) is 14.4. The van der Waals surface area contributed by atoms with Crippen molar-refractivity contribution in [1.82, 2.24) is 9.88 Å². The van der Waals surface area contributed by atoms with Gasteiger partial charge in [-0.25, -0.2) is 9.78 Å². The number of methoxy groups -OCH3 is 1. The van der Waals surface area contributed by atoms with Gasteiger partial charge in [0.15, 0.2) is 5.69 Å². The lowest BCUT2D eigenvalue weighted by atomic mass is 10.3. The van der Waals surface area contributed by atoms with Gasteiger partial charge in [-0.15, -0.1) is 22.9 Å². The first-order valence-electron chi connectivity index (χ1n) is 5.95. The van der Waals surface area contributed by atoms with Crippen molar-refractivity contribution in [3.05, 3.63) is 16.1 Å². The molecule has 0 bridgehead atoms. The largest absolute Gasteiger partial charge is 0.464 e. The first-order chi connectivity index (χ1) is 8.99. The molecule has 0 spiro atoms. The Morgan fingerprint density at radius 1 is 1.58 bits per heavy atom. The average molecular weight is 305 g/mol. The van der Waals surface area contributed by atoms with Gasteiger partial charge in [0.25, 0.3) is 0 Å². The number of hydrogen-bond acceptors (Lipinski definition) is 5. The van der Waals surface area contributed by atoms with Crippen molar-refractivity contribution >= 4 is 34.8 Å². The molecule has 0 aliphatic heterocycles. The van der Waals surface area contributed by atoms with Crippen LogP contribution >= 0.6 is 22.9 Å². The Morgan fingerprint density at radius 2 is 2.26 bits per heavy atom. The molecule has 0 fully saturated rings. The second kappa shape index (κ2) is 7.45. The number of rotatable bonds is 6. The molecular formula is C12H17ClN2O3S. The molecule has 7 heteroatoms. The number of halogens is 1. The topological polar surface area (TPSA) is 59.5 Å². The second-order valence-corrected chi connectivity index (χ2v) is 5.59. The molecule has 0 aliphatic rings. The van der Waals surface area contributed by atoms with E-state index in [0.717, 1.165) is 6.42 Å². The van der Waals surface area contributed by atoms with Gasteiger partial charge in [-0.2, -0.15) is 0 Å². The Hall–Kier alpha value is -1.14. The summed E-state index contributed by atoms with van der Waals surface area (Å²) in [6.07, 6.45) is 0.838. The van der Waals surface area contributed by atoms with Crippen LogP contribution in [0.25, 0.3) is 0 Å². The molecule has 0 aliphatic carbocycles. The molecule has 0 radical (unpaired) electrons. The number of nitrogens with zero attached hydrogens (tertiary/aromatic N) is 2. The third-order valence-corrected chi connectivity index (χ3v) is 3.44. The van der Waals surface area contributed by atoms with Crippen molar-refractivity contribution in [1.29, 1.82) is 0 Å². The Bertz CT molecular complexity index is 448. The fraction of sp³-hybridized carbons (Fsp3) is 0.583. The summed E-state index contributed by atoms with van der Waals surface area (Å²) in [5.74, 6) is -0.597. The molecule has 1 aromatic rings. The molecule has 0 saturated carbocycles. The molecule has 1 heterocycles. The van der Waals surface area contributed by atoms with Gasteiger partial charge in [0, 0.05) is 11.9 Å². The van der Waals surface area contributed by atoms with E-state index in [1.807, 2.05) is 6.92 Å². The maximum atomic E-state index is 11.9. The van der Waals surface area contributed by atoms with E-state index >= 15 is 0 Å². The van der Waals surface area contributed by atoms with Crippen molar-refractivity contribution in [2.45, 2.75) is 32.2 Å². The molecule has 0 N–H and O–H groups in total. The molecule has 19 heavy (non-hydrogen) atoms. The van der Waals surface area contributed by atoms with E-state index in [0.29, 0.717) is 18.1 Å². The molecule has 0 unspecified atom stereocenters. The molecule has 1 rings (SSSR count). The van der Waals surface area contributed by atoms with E-state index in [9.17, 15) is 9.59 Å². The van der Waals surface area contributed by atoms with E-state index in [2.05, 4.69) is 9.72 Å². The van der Waals surface area contributed by atoms with Crippen molar-refractivity contribution in [2.75, 3.05) is 13.7 Å². The number of ether oxygens (including phenoxy) is 1. The van der Waals surface area contributed by atoms with Crippen molar-refractivity contribution in [3.8, 4) is 0 Å². The van der Waals surface area contributed by atoms with Crippen LogP contribution < -0.4 is 0 Å². The van der Waals surface area contributed by atoms with E-state index < -0.39 is 11.3 Å². The molecule has 5 nitrogen and oxygen atoms in total. The van der Waals surface area contributed by atoms with E-state index in [-0.39, 0.29) is 11.6 Å². The van der Waals surface area contributed by atoms with Gasteiger partial charge in [0.05, 0.1) is 13.7 Å². The van der Waals surface area contributed by atoms with Gasteiger partial charge in [0.1, 0.15) is 10.4 Å². The molecular weight excluding hydrogens is 288 g/mol. The second-order valence-electron chi connectivity index (χ2n) is 3.99. The van der Waals surface area contributed by atoms with Crippen LogP contribution in [0.2, 0.25) is 0 Å². The minimum absolute atomic E-state index is 0.127. The summed E-state index contributed by atoms with van der Waals surface area (Å²) in [7, 11) is 1.31. The molecule has 0 saturated heterocycles. The fourth-order valence-corrected chi connectivity index (χ4v) is 2.45. The van der Waals surface area contributed by atoms with Crippen molar-refractivity contribution in [3.63, 3.8) is 0 Å². The lowest BCUT2D eigenvalue weighted by Crippen LogP contribution is -2.35. The maximum absolute atomic E-state index is 11.9. The third kappa shape index (κ3) is 4.47. The number of hydrogen-bond donors (Lipinski definition) is 0. The summed E-state index contributed by atoms with van der Waals surface area (Å²) in [4.78, 5) is 29.0. The normalized spacial score (nSPS) is 12.0. The number of carbonyl (C=O) groups excluding carboxylic acids is 2. The van der Waals surface area contributed by atoms with Crippen LogP contribution in [-0.2, 0) is 16.1 Å². The van der Waals surface area contributed by atoms with E-state index in [1.165, 1.54) is 18.4 Å². The van der Waals surface area contributed by atoms with Gasteiger partial charge < -0.3 is 9.64 Å². The first-order valence-corrected chi connectivity index (χ1v) is 7.26. The summed E-state index contributed by atoms with van der Waals surface area (Å²) >= 11 is 7.15. The molecule has 1 aromatic heterocycles. The monoisotopic (exact) mass is 304 g/mol. The smallest absolute Gasteiger partial charge is 0.357 e. The number of esters is 1. The van der Waals surface area contributed by atoms with Gasteiger partial charge in [-0.1, -0.05) is 6.92 Å². The Morgan fingerprint density at radius 3 is 2.79 bits per heavy atom. The summed E-state index contributed by atoms with van der Waals surface area (Å²) in [5.41, 5.74) is 0.269. The third-order valence-electron chi connectivity index (χ3n) is 2.42. The summed E-state index contributed by atoms with van der Waals surface area (Å²) < 4.78 is 4.59. The average Bonchev–Trinajstić information content (AvgIpc) is 2.84. The highest BCUT2D eigenvalue weighted by Gasteiger charge is 2.20. The number of amides is 1. The predicted molar refractivity (Wildman–Crippen MR) is 74.5 cm³/mol. The van der Waals surface area contributed by atoms with E-state index in [1.54, 1.807) is 17.2 Å². The zero-order valence-electron chi connectivity index (χ0n) is 11.2. The Labute approximate surface area is 121 Å². The van der Waals surface area contributed by atoms with Crippen molar-refractivity contribution < 1.29 is 14.3 Å². The Kier molecular flexibility index (Phi) is 6.24. The molecule has 0 aromatic carbocycles. The quantitative estimate of drug-likeness (QED) is 0.597. The predicted octanol–water partition coefficient (Wildman–Crippen LogP) is 2.30. The number of thiazole rings is 1. The maximum Gasteiger partial charge on any atom is 0.357 e. The van der Waals surface area contributed by atoms with Gasteiger partial charge >= 0.3 is 5.97 Å². The van der Waals surface area contributed by atoms with Crippen LogP contribution in [-0.4, -0.2) is 40.8 Å². The van der Waals surface area contributed by atoms with Crippen LogP contribution in [0.3, 0.4) is 0 Å². The minimum Gasteiger partial charge on any atom is -0.464 e. The number of carbonyl (C=O) groups is 2. The first kappa shape index (κ1) is 15.9. The fourth-order valence-electron chi connectivity index (χ4n) is 1.53. The highest BCUT2D eigenvalue weighted by Crippen LogP contribution is 2.15. The highest BCUT2D eigenvalue weighted by molar-refractivity contribution is 7.09. The SMILES string of the molecule is CCCN(Cc1nc(C(=O)OC)cs1)C(=O)[C@@H](C)Cl. The lowest BCUT2D eigenvalue weighted by Gasteiger charge is -2.22. The Balaban J connectivity index is 2.76. The van der Waals surface area contributed by atoms with Crippen LogP contribution in [0, 0.1) is 0 Å². The number of aromatic nitrogens is 1. The van der Waals surface area contributed by atoms with Crippen LogP contribution in [0.4, 0.5) is 0 Å². The summed E-state index contributed by atoms with van der Waals surface area (Å²) in [6.45, 7) is 4.61. The van der Waals surface area contributed by atoms with Gasteiger partial charge in [0.2, 0.25) is 5.91 Å². The van der Waals surface area contributed by atoms with Crippen LogP contribution in [0.1, 0.15) is 35.8 Å². The molecule has 1 amide bonds. The standard InChI is InChI=1S/C12H17ClN2O3S/c1-4-5-15(11(16)8(2)13)6-10-14-9(7-19-10)12(17)18-3/h7-8H,4-6H2,1-3H3/t8-/m1/s1. The minimum atomic E-state index is -0.563. The molecule has 106 valence electrons. The van der Waals surface area contributed by atoms with Gasteiger partial charge in [-0.3, -0.25) is 4.79 Å². The lowest BCUT2D eigenvalue weighted by molar-refractivity contribution is -0.131. The summed E-state index contributed by atoms with van der Waals surface area (Å²) in [5, 5.41) is 1.76. The van der Waals surface area contributed by atoms with Crippen LogP contribution in [0.15, 0.2) is 5.38 Å². The summed E-state index contributed by atoms with van der Waals surface area (Å²) in [6, 6.07) is 0. The van der Waals surface area contributed by atoms with Gasteiger partial charge in [-0.05, 0) is 13.3 Å². The van der Waals surface area contributed by atoms with Crippen LogP contribution in [0.5, 0.6) is 0 Å². The molecule has 1 atom stereocenters. The highest BCUT2D eigenvalue weighted by atomic mass is 35.5.